The summed E-state index contributed by atoms with van der Waals surface area (Å²) in [5.41, 5.74) is 2.29. The largest absolute Gasteiger partial charge is 0.452 e. The van der Waals surface area contributed by atoms with Crippen molar-refractivity contribution in [2.24, 2.45) is 0 Å². The summed E-state index contributed by atoms with van der Waals surface area (Å²) in [5.74, 6) is -1.75. The number of esters is 1. The third kappa shape index (κ3) is 5.60. The van der Waals surface area contributed by atoms with Gasteiger partial charge >= 0.3 is 12.0 Å². The highest BCUT2D eigenvalue weighted by Gasteiger charge is 2.20. The van der Waals surface area contributed by atoms with Crippen LogP contribution in [-0.2, 0) is 9.53 Å². The van der Waals surface area contributed by atoms with E-state index in [1.165, 1.54) is 12.1 Å². The van der Waals surface area contributed by atoms with Gasteiger partial charge in [-0.25, -0.2) is 9.59 Å². The number of hydrogen-bond acceptors (Lipinski definition) is 4. The third-order valence-electron chi connectivity index (χ3n) is 3.47. The maximum atomic E-state index is 12.1. The van der Waals surface area contributed by atoms with Gasteiger partial charge in [0.1, 0.15) is 0 Å². The molecule has 0 aliphatic carbocycles. The van der Waals surface area contributed by atoms with E-state index in [0.29, 0.717) is 5.69 Å². The van der Waals surface area contributed by atoms with Crippen LogP contribution < -0.4 is 10.6 Å². The summed E-state index contributed by atoms with van der Waals surface area (Å²) in [5, 5.41) is 4.67. The highest BCUT2D eigenvalue weighted by atomic mass is 35.5. The zero-order chi connectivity index (χ0) is 20.1. The number of aryl methyl sites for hydroxylation is 2. The Morgan fingerprint density at radius 3 is 2.33 bits per heavy atom. The van der Waals surface area contributed by atoms with Gasteiger partial charge in [0.15, 0.2) is 6.61 Å². The van der Waals surface area contributed by atoms with Crippen LogP contribution in [-0.4, -0.2) is 24.5 Å². The van der Waals surface area contributed by atoms with Crippen molar-refractivity contribution in [3.63, 3.8) is 0 Å². The second-order valence-electron chi connectivity index (χ2n) is 5.61. The van der Waals surface area contributed by atoms with Crippen LogP contribution in [0.1, 0.15) is 21.5 Å². The van der Waals surface area contributed by atoms with E-state index in [1.807, 2.05) is 26.0 Å². The summed E-state index contributed by atoms with van der Waals surface area (Å²) in [6.45, 7) is 3.05. The number of ether oxygens (including phenoxy) is 1. The number of halogens is 3. The minimum atomic E-state index is -0.933. The Bertz CT molecular complexity index is 916. The van der Waals surface area contributed by atoms with Crippen LogP contribution in [0.2, 0.25) is 15.1 Å². The number of anilines is 1. The molecule has 0 spiro atoms. The predicted octanol–water partition coefficient (Wildman–Crippen LogP) is 4.77. The third-order valence-corrected chi connectivity index (χ3v) is 4.58. The van der Waals surface area contributed by atoms with Crippen molar-refractivity contribution in [2.75, 3.05) is 11.9 Å². The summed E-state index contributed by atoms with van der Waals surface area (Å²) in [6.07, 6.45) is 0. The number of imide groups is 1. The lowest BCUT2D eigenvalue weighted by atomic mass is 10.1. The van der Waals surface area contributed by atoms with E-state index in [4.69, 9.17) is 39.5 Å². The number of benzene rings is 2. The molecule has 2 aromatic carbocycles. The fraction of sp³-hybridized carbons (Fsp3) is 0.167. The molecule has 3 amide bonds. The summed E-state index contributed by atoms with van der Waals surface area (Å²) < 4.78 is 4.84. The van der Waals surface area contributed by atoms with Gasteiger partial charge in [-0.05, 0) is 37.6 Å². The van der Waals surface area contributed by atoms with Crippen LogP contribution in [0.4, 0.5) is 10.5 Å². The maximum Gasteiger partial charge on any atom is 0.341 e. The zero-order valence-corrected chi connectivity index (χ0v) is 16.6. The Hall–Kier alpha value is -2.28. The second kappa shape index (κ2) is 9.08. The summed E-state index contributed by atoms with van der Waals surface area (Å²) in [7, 11) is 0. The van der Waals surface area contributed by atoms with E-state index in [-0.39, 0.29) is 20.6 Å². The molecule has 0 atom stereocenters. The van der Waals surface area contributed by atoms with Gasteiger partial charge in [0, 0.05) is 5.69 Å². The summed E-state index contributed by atoms with van der Waals surface area (Å²) in [4.78, 5) is 35.8. The molecule has 142 valence electrons. The van der Waals surface area contributed by atoms with E-state index in [1.54, 1.807) is 6.07 Å². The molecule has 0 bridgehead atoms. The molecule has 0 heterocycles. The SMILES string of the molecule is Cc1ccc(NC(=O)NC(=O)COC(=O)c2c(Cl)ccc(Cl)c2Cl)c(C)c1. The molecule has 0 fully saturated rings. The normalized spacial score (nSPS) is 10.3. The van der Waals surface area contributed by atoms with E-state index in [9.17, 15) is 14.4 Å². The van der Waals surface area contributed by atoms with Crippen LogP contribution in [0, 0.1) is 13.8 Å². The molecule has 6 nitrogen and oxygen atoms in total. The van der Waals surface area contributed by atoms with Crippen LogP contribution in [0.25, 0.3) is 0 Å². The fourth-order valence-electron chi connectivity index (χ4n) is 2.19. The highest BCUT2D eigenvalue weighted by molar-refractivity contribution is 6.46. The van der Waals surface area contributed by atoms with E-state index in [2.05, 4.69) is 10.6 Å². The summed E-state index contributed by atoms with van der Waals surface area (Å²) >= 11 is 17.7. The average Bonchev–Trinajstić information content (AvgIpc) is 2.59. The van der Waals surface area contributed by atoms with E-state index in [0.717, 1.165) is 11.1 Å². The molecule has 0 saturated carbocycles. The number of nitrogens with one attached hydrogen (secondary N) is 2. The first-order valence-electron chi connectivity index (χ1n) is 7.67. The standard InChI is InChI=1S/C18H15Cl3N2O4/c1-9-3-6-13(10(2)7-9)22-18(26)23-14(24)8-27-17(25)15-11(19)4-5-12(20)16(15)21/h3-7H,8H2,1-2H3,(H2,22,23,24,26). The average molecular weight is 430 g/mol. The Labute approximate surface area is 170 Å². The van der Waals surface area contributed by atoms with Crippen molar-refractivity contribution in [3.05, 3.63) is 62.1 Å². The molecule has 9 heteroatoms. The zero-order valence-electron chi connectivity index (χ0n) is 14.4. The number of urea groups is 1. The lowest BCUT2D eigenvalue weighted by Crippen LogP contribution is -2.37. The molecular weight excluding hydrogens is 415 g/mol. The van der Waals surface area contributed by atoms with Crippen molar-refractivity contribution in [1.29, 1.82) is 0 Å². The first-order chi connectivity index (χ1) is 12.7. The molecule has 2 aromatic rings. The number of carbonyl (C=O) groups is 3. The Balaban J connectivity index is 1.91. The van der Waals surface area contributed by atoms with Gasteiger partial charge in [-0.2, -0.15) is 0 Å². The Kier molecular flexibility index (Phi) is 7.07. The highest BCUT2D eigenvalue weighted by Crippen LogP contribution is 2.31. The molecule has 2 rings (SSSR count). The topological polar surface area (TPSA) is 84.5 Å². The van der Waals surface area contributed by atoms with Gasteiger partial charge in [0.2, 0.25) is 0 Å². The Morgan fingerprint density at radius 2 is 1.67 bits per heavy atom. The second-order valence-corrected chi connectivity index (χ2v) is 6.81. The monoisotopic (exact) mass is 428 g/mol. The molecule has 0 radical (unpaired) electrons. The minimum Gasteiger partial charge on any atom is -0.452 e. The first-order valence-corrected chi connectivity index (χ1v) is 8.81. The number of rotatable bonds is 4. The summed E-state index contributed by atoms with van der Waals surface area (Å²) in [6, 6.07) is 7.48. The first kappa shape index (κ1) is 21.0. The lowest BCUT2D eigenvalue weighted by molar-refractivity contribution is -0.123. The molecule has 0 aliphatic heterocycles. The van der Waals surface area contributed by atoms with Gasteiger partial charge in [0.25, 0.3) is 5.91 Å². The van der Waals surface area contributed by atoms with Crippen LogP contribution in [0.3, 0.4) is 0 Å². The minimum absolute atomic E-state index is 0.0300. The molecule has 0 unspecified atom stereocenters. The van der Waals surface area contributed by atoms with Crippen LogP contribution >= 0.6 is 34.8 Å². The molecule has 0 aliphatic rings. The maximum absolute atomic E-state index is 12.1. The molecule has 27 heavy (non-hydrogen) atoms. The molecule has 0 aromatic heterocycles. The Morgan fingerprint density at radius 1 is 1.00 bits per heavy atom. The number of hydrogen-bond donors (Lipinski definition) is 2. The molecule has 0 saturated heterocycles. The quantitative estimate of drug-likeness (QED) is 0.541. The number of amides is 3. The fourth-order valence-corrected chi connectivity index (χ4v) is 2.87. The van der Waals surface area contributed by atoms with Crippen molar-refractivity contribution >= 4 is 58.4 Å². The number of carbonyl (C=O) groups excluding carboxylic acids is 3. The van der Waals surface area contributed by atoms with E-state index >= 15 is 0 Å². The molecule has 2 N–H and O–H groups in total. The smallest absolute Gasteiger partial charge is 0.341 e. The predicted molar refractivity (Wildman–Crippen MR) is 105 cm³/mol. The van der Waals surface area contributed by atoms with Crippen molar-refractivity contribution in [2.45, 2.75) is 13.8 Å². The van der Waals surface area contributed by atoms with Crippen LogP contribution in [0.5, 0.6) is 0 Å². The van der Waals surface area contributed by atoms with Gasteiger partial charge < -0.3 is 10.1 Å². The van der Waals surface area contributed by atoms with Crippen molar-refractivity contribution < 1.29 is 19.1 Å². The molecular formula is C18H15Cl3N2O4. The van der Waals surface area contributed by atoms with Crippen molar-refractivity contribution in [1.82, 2.24) is 5.32 Å². The van der Waals surface area contributed by atoms with Gasteiger partial charge in [-0.1, -0.05) is 52.5 Å². The van der Waals surface area contributed by atoms with Crippen molar-refractivity contribution in [3.8, 4) is 0 Å². The van der Waals surface area contributed by atoms with E-state index < -0.39 is 24.5 Å². The van der Waals surface area contributed by atoms with Gasteiger partial charge in [-0.3, -0.25) is 10.1 Å². The van der Waals surface area contributed by atoms with Gasteiger partial charge in [-0.15, -0.1) is 0 Å². The van der Waals surface area contributed by atoms with Crippen LogP contribution in [0.15, 0.2) is 30.3 Å². The lowest BCUT2D eigenvalue weighted by Gasteiger charge is -2.11. The van der Waals surface area contributed by atoms with Gasteiger partial charge in [0.05, 0.1) is 20.6 Å².